The van der Waals surface area contributed by atoms with Crippen LogP contribution in [0.2, 0.25) is 0 Å². The summed E-state index contributed by atoms with van der Waals surface area (Å²) in [6.45, 7) is 2.10. The van der Waals surface area contributed by atoms with Crippen molar-refractivity contribution in [3.63, 3.8) is 0 Å². The van der Waals surface area contributed by atoms with Crippen LogP contribution in [0.1, 0.15) is 28.9 Å². The summed E-state index contributed by atoms with van der Waals surface area (Å²) < 4.78 is 59.2. The highest BCUT2D eigenvalue weighted by Gasteiger charge is 2.37. The summed E-state index contributed by atoms with van der Waals surface area (Å²) >= 11 is 0. The van der Waals surface area contributed by atoms with Crippen LogP contribution in [-0.2, 0) is 24.8 Å². The second-order valence-corrected chi connectivity index (χ2v) is 9.87. The zero-order valence-electron chi connectivity index (χ0n) is 15.0. The molecule has 1 fully saturated rings. The minimum absolute atomic E-state index is 0.122. The van der Waals surface area contributed by atoms with Crippen molar-refractivity contribution in [2.75, 3.05) is 20.2 Å². The number of benzene rings is 1. The van der Waals surface area contributed by atoms with Gasteiger partial charge in [-0.05, 0) is 43.5 Å². The summed E-state index contributed by atoms with van der Waals surface area (Å²) in [7, 11) is -7.32. The Morgan fingerprint density at radius 3 is 2.15 bits per heavy atom. The van der Waals surface area contributed by atoms with Gasteiger partial charge >= 0.3 is 5.97 Å². The van der Waals surface area contributed by atoms with Gasteiger partial charge < -0.3 is 4.74 Å². The molecule has 1 aliphatic rings. The fourth-order valence-corrected chi connectivity index (χ4v) is 6.77. The van der Waals surface area contributed by atoms with E-state index in [4.69, 9.17) is 4.74 Å². The van der Waals surface area contributed by atoms with E-state index in [2.05, 4.69) is 0 Å². The fraction of sp³-hybridized carbons (Fsp3) is 0.353. The molecule has 1 saturated heterocycles. The molecule has 3 rings (SSSR count). The Balaban J connectivity index is 2.32. The lowest BCUT2D eigenvalue weighted by molar-refractivity contribution is 0.0591. The molecular weight excluding hydrogens is 392 g/mol. The number of carbonyl (C=O) groups excluding carboxylic acids is 1. The number of sulfonamides is 1. The maximum atomic E-state index is 13.2. The first-order valence-electron chi connectivity index (χ1n) is 8.32. The van der Waals surface area contributed by atoms with Gasteiger partial charge in [0, 0.05) is 13.1 Å². The van der Waals surface area contributed by atoms with E-state index >= 15 is 0 Å². The molecule has 0 saturated carbocycles. The third kappa shape index (κ3) is 3.28. The second-order valence-electron chi connectivity index (χ2n) is 6.20. The van der Waals surface area contributed by atoms with Gasteiger partial charge in [-0.1, -0.05) is 18.2 Å². The van der Waals surface area contributed by atoms with E-state index in [0.29, 0.717) is 29.9 Å². The van der Waals surface area contributed by atoms with Crippen molar-refractivity contribution in [2.24, 2.45) is 0 Å². The molecule has 2 aromatic rings. The second kappa shape index (κ2) is 7.10. The third-order valence-corrected chi connectivity index (χ3v) is 8.16. The van der Waals surface area contributed by atoms with Crippen molar-refractivity contribution in [1.29, 1.82) is 0 Å². The lowest BCUT2D eigenvalue weighted by Gasteiger charge is -2.18. The number of esters is 1. The number of rotatable bonds is 5. The number of nitrogens with zero attached hydrogens (tertiary/aromatic N) is 2. The van der Waals surface area contributed by atoms with Gasteiger partial charge in [-0.2, -0.15) is 4.31 Å². The van der Waals surface area contributed by atoms with Crippen LogP contribution in [0.5, 0.6) is 0 Å². The van der Waals surface area contributed by atoms with Crippen LogP contribution in [0, 0.1) is 6.92 Å². The largest absolute Gasteiger partial charge is 0.464 e. The van der Waals surface area contributed by atoms with Crippen molar-refractivity contribution in [2.45, 2.75) is 29.7 Å². The summed E-state index contributed by atoms with van der Waals surface area (Å²) in [6.07, 6.45) is 1.41. The molecule has 0 N–H and O–H groups in total. The molecule has 146 valence electrons. The van der Waals surface area contributed by atoms with Crippen LogP contribution in [-0.4, -0.2) is 51.3 Å². The predicted molar refractivity (Wildman–Crippen MR) is 97.5 cm³/mol. The molecule has 0 radical (unpaired) electrons. The van der Waals surface area contributed by atoms with Gasteiger partial charge in [-0.3, -0.25) is 0 Å². The highest BCUT2D eigenvalue weighted by Crippen LogP contribution is 2.30. The molecule has 0 unspecified atom stereocenters. The molecule has 0 bridgehead atoms. The van der Waals surface area contributed by atoms with Crippen molar-refractivity contribution in [1.82, 2.24) is 8.28 Å². The highest BCUT2D eigenvalue weighted by atomic mass is 32.2. The molecular formula is C17H20N2O6S2. The minimum atomic E-state index is -4.34. The van der Waals surface area contributed by atoms with E-state index in [-0.39, 0.29) is 16.2 Å². The van der Waals surface area contributed by atoms with Gasteiger partial charge in [0.05, 0.1) is 12.0 Å². The van der Waals surface area contributed by atoms with Crippen LogP contribution < -0.4 is 0 Å². The molecule has 0 atom stereocenters. The number of hydrogen-bond acceptors (Lipinski definition) is 6. The maximum Gasteiger partial charge on any atom is 0.356 e. The number of aryl methyl sites for hydroxylation is 1. The summed E-state index contributed by atoms with van der Waals surface area (Å²) in [4.78, 5) is 12.2. The van der Waals surface area contributed by atoms with E-state index in [1.807, 2.05) is 0 Å². The fourth-order valence-electron chi connectivity index (χ4n) is 3.10. The highest BCUT2D eigenvalue weighted by molar-refractivity contribution is 7.92. The van der Waals surface area contributed by atoms with E-state index in [1.54, 1.807) is 6.07 Å². The quantitative estimate of drug-likeness (QED) is 0.691. The van der Waals surface area contributed by atoms with Crippen LogP contribution in [0.4, 0.5) is 0 Å². The summed E-state index contributed by atoms with van der Waals surface area (Å²) in [6, 6.07) is 8.59. The van der Waals surface area contributed by atoms with E-state index in [0.717, 1.165) is 7.11 Å². The predicted octanol–water partition coefficient (Wildman–Crippen LogP) is 1.60. The van der Waals surface area contributed by atoms with Crippen molar-refractivity contribution in [3.05, 3.63) is 47.7 Å². The lowest BCUT2D eigenvalue weighted by Crippen LogP contribution is -2.32. The summed E-state index contributed by atoms with van der Waals surface area (Å²) in [5.74, 6) is -0.921. The normalized spacial score (nSPS) is 15.8. The van der Waals surface area contributed by atoms with Crippen LogP contribution in [0.25, 0.3) is 0 Å². The van der Waals surface area contributed by atoms with E-state index < -0.39 is 31.0 Å². The zero-order valence-corrected chi connectivity index (χ0v) is 16.6. The van der Waals surface area contributed by atoms with Gasteiger partial charge in [0.2, 0.25) is 0 Å². The Kier molecular flexibility index (Phi) is 5.15. The number of ether oxygens (including phenoxy) is 1. The third-order valence-electron chi connectivity index (χ3n) is 4.45. The van der Waals surface area contributed by atoms with Gasteiger partial charge in [-0.15, -0.1) is 0 Å². The molecule has 1 aromatic carbocycles. The van der Waals surface area contributed by atoms with E-state index in [1.165, 1.54) is 41.6 Å². The zero-order chi connectivity index (χ0) is 19.8. The molecule has 2 heterocycles. The molecule has 27 heavy (non-hydrogen) atoms. The Labute approximate surface area is 158 Å². The molecule has 10 heteroatoms. The Bertz CT molecular complexity index is 1070. The number of carbonyl (C=O) groups is 1. The Morgan fingerprint density at radius 2 is 1.59 bits per heavy atom. The molecule has 0 spiro atoms. The van der Waals surface area contributed by atoms with Crippen LogP contribution >= 0.6 is 0 Å². The number of hydrogen-bond donors (Lipinski definition) is 0. The standard InChI is InChI=1S/C17H20N2O6S2/c1-13-12-15(27(23,24)18-10-6-7-11-18)19(16(13)17(20)25-2)26(21,22)14-8-4-3-5-9-14/h3-5,8-9,12H,6-7,10-11H2,1-2H3. The van der Waals surface area contributed by atoms with Gasteiger partial charge in [0.1, 0.15) is 5.69 Å². The smallest absolute Gasteiger partial charge is 0.356 e. The van der Waals surface area contributed by atoms with Crippen LogP contribution in [0.3, 0.4) is 0 Å². The topological polar surface area (TPSA) is 103 Å². The lowest BCUT2D eigenvalue weighted by atomic mass is 10.3. The molecule has 8 nitrogen and oxygen atoms in total. The van der Waals surface area contributed by atoms with E-state index in [9.17, 15) is 21.6 Å². The van der Waals surface area contributed by atoms with Gasteiger partial charge in [0.25, 0.3) is 20.0 Å². The maximum absolute atomic E-state index is 13.2. The Morgan fingerprint density at radius 1 is 1.00 bits per heavy atom. The van der Waals surface area contributed by atoms with Gasteiger partial charge in [0.15, 0.2) is 5.03 Å². The average molecular weight is 412 g/mol. The first-order chi connectivity index (χ1) is 12.7. The minimum Gasteiger partial charge on any atom is -0.464 e. The van der Waals surface area contributed by atoms with Crippen molar-refractivity contribution in [3.8, 4) is 0 Å². The Hall–Kier alpha value is -2.17. The monoisotopic (exact) mass is 412 g/mol. The summed E-state index contributed by atoms with van der Waals surface area (Å²) in [5, 5.41) is -0.453. The number of aromatic nitrogens is 1. The van der Waals surface area contributed by atoms with Crippen molar-refractivity contribution >= 4 is 26.0 Å². The van der Waals surface area contributed by atoms with Crippen LogP contribution in [0.15, 0.2) is 46.3 Å². The SMILES string of the molecule is COC(=O)c1c(C)cc(S(=O)(=O)N2CCCC2)n1S(=O)(=O)c1ccccc1. The average Bonchev–Trinajstić information content (AvgIpc) is 3.30. The van der Waals surface area contributed by atoms with Crippen molar-refractivity contribution < 1.29 is 26.4 Å². The first kappa shape index (κ1) is 19.6. The number of methoxy groups -OCH3 is 1. The van der Waals surface area contributed by atoms with Gasteiger partial charge in [-0.25, -0.2) is 25.6 Å². The summed E-state index contributed by atoms with van der Waals surface area (Å²) in [5.41, 5.74) is -0.113. The first-order valence-corrected chi connectivity index (χ1v) is 11.2. The molecule has 1 aromatic heterocycles. The molecule has 0 amide bonds. The molecule has 1 aliphatic heterocycles. The molecule has 0 aliphatic carbocycles.